The fraction of sp³-hybridized carbons (Fsp3) is 0.500. The Balaban J connectivity index is 2.15. The van der Waals surface area contributed by atoms with Crippen LogP contribution < -0.4 is 9.62 Å². The van der Waals surface area contributed by atoms with Crippen LogP contribution in [0.2, 0.25) is 0 Å². The van der Waals surface area contributed by atoms with E-state index in [-0.39, 0.29) is 24.8 Å². The fourth-order valence-electron chi connectivity index (χ4n) is 4.15. The number of carbonyl (C=O) groups is 2. The number of nitrogens with zero attached hydrogens (tertiary/aromatic N) is 2. The van der Waals surface area contributed by atoms with Crippen molar-refractivity contribution in [3.63, 3.8) is 0 Å². The molecule has 0 spiro atoms. The maximum atomic E-state index is 13.4. The maximum absolute atomic E-state index is 13.4. The number of amides is 2. The van der Waals surface area contributed by atoms with E-state index >= 15 is 0 Å². The van der Waals surface area contributed by atoms with Crippen molar-refractivity contribution >= 4 is 27.5 Å². The van der Waals surface area contributed by atoms with Crippen molar-refractivity contribution < 1.29 is 18.0 Å². The molecule has 0 unspecified atom stereocenters. The molecule has 8 heteroatoms. The van der Waals surface area contributed by atoms with E-state index in [1.807, 2.05) is 70.2 Å². The molecular weight excluding hydrogens is 474 g/mol. The quantitative estimate of drug-likeness (QED) is 0.408. The van der Waals surface area contributed by atoms with E-state index in [2.05, 4.69) is 5.32 Å². The molecule has 0 heterocycles. The number of sulfonamides is 1. The van der Waals surface area contributed by atoms with Crippen molar-refractivity contribution in [1.82, 2.24) is 10.2 Å². The number of benzene rings is 2. The summed E-state index contributed by atoms with van der Waals surface area (Å²) in [6, 6.07) is 14.9. The number of hydrogen-bond donors (Lipinski definition) is 1. The van der Waals surface area contributed by atoms with Gasteiger partial charge in [0.25, 0.3) is 0 Å². The van der Waals surface area contributed by atoms with Crippen LogP contribution in [0.25, 0.3) is 0 Å². The van der Waals surface area contributed by atoms with Gasteiger partial charge in [-0.15, -0.1) is 0 Å². The highest BCUT2D eigenvalue weighted by atomic mass is 32.2. The molecule has 0 aliphatic rings. The van der Waals surface area contributed by atoms with Gasteiger partial charge in [0, 0.05) is 26.1 Å². The third-order valence-electron chi connectivity index (χ3n) is 6.35. The van der Waals surface area contributed by atoms with Crippen LogP contribution >= 0.6 is 0 Å². The zero-order chi connectivity index (χ0) is 26.7. The molecule has 0 fully saturated rings. The maximum Gasteiger partial charge on any atom is 0.242 e. The van der Waals surface area contributed by atoms with Gasteiger partial charge in [-0.1, -0.05) is 50.2 Å². The Morgan fingerprint density at radius 1 is 0.972 bits per heavy atom. The van der Waals surface area contributed by atoms with Gasteiger partial charge in [0.2, 0.25) is 21.8 Å². The SMILES string of the molecule is CCCNC(=O)[C@@H](CC)N(CCc1ccccc1)C(=O)CCCN(c1ccc(C)c(C)c1)S(C)(=O)=O. The monoisotopic (exact) mass is 515 g/mol. The summed E-state index contributed by atoms with van der Waals surface area (Å²) in [5.41, 5.74) is 3.79. The first-order chi connectivity index (χ1) is 17.1. The first-order valence-electron chi connectivity index (χ1n) is 12.7. The van der Waals surface area contributed by atoms with Crippen LogP contribution in [-0.4, -0.2) is 57.1 Å². The molecule has 0 saturated carbocycles. The molecule has 198 valence electrons. The van der Waals surface area contributed by atoms with Crippen molar-refractivity contribution in [1.29, 1.82) is 0 Å². The van der Waals surface area contributed by atoms with Crippen LogP contribution in [0, 0.1) is 13.8 Å². The van der Waals surface area contributed by atoms with Gasteiger partial charge in [0.15, 0.2) is 0 Å². The van der Waals surface area contributed by atoms with E-state index in [4.69, 9.17) is 0 Å². The summed E-state index contributed by atoms with van der Waals surface area (Å²) in [4.78, 5) is 27.9. The van der Waals surface area contributed by atoms with Crippen LogP contribution in [0.3, 0.4) is 0 Å². The molecule has 0 bridgehead atoms. The van der Waals surface area contributed by atoms with Crippen molar-refractivity contribution in [2.75, 3.05) is 30.2 Å². The summed E-state index contributed by atoms with van der Waals surface area (Å²) >= 11 is 0. The van der Waals surface area contributed by atoms with Gasteiger partial charge in [-0.2, -0.15) is 0 Å². The minimum atomic E-state index is -3.51. The fourth-order valence-corrected chi connectivity index (χ4v) is 5.10. The Morgan fingerprint density at radius 2 is 1.67 bits per heavy atom. The molecule has 2 aromatic rings. The average molecular weight is 516 g/mol. The highest BCUT2D eigenvalue weighted by molar-refractivity contribution is 7.92. The standard InChI is InChI=1S/C28H41N3O4S/c1-6-18-29-28(33)26(7-2)30(20-17-24-12-9-8-10-13-24)27(32)14-11-19-31(36(5,34)35)25-16-15-22(3)23(4)21-25/h8-10,12-13,15-16,21,26H,6-7,11,14,17-20H2,1-5H3,(H,29,33)/t26-/m1/s1. The Hall–Kier alpha value is -2.87. The summed E-state index contributed by atoms with van der Waals surface area (Å²) in [7, 11) is -3.51. The minimum Gasteiger partial charge on any atom is -0.354 e. The molecular formula is C28H41N3O4S. The Morgan fingerprint density at radius 3 is 2.25 bits per heavy atom. The first kappa shape index (κ1) is 29.4. The molecule has 0 aliphatic carbocycles. The van der Waals surface area contributed by atoms with E-state index in [1.165, 1.54) is 10.6 Å². The zero-order valence-electron chi connectivity index (χ0n) is 22.3. The zero-order valence-corrected chi connectivity index (χ0v) is 23.1. The van der Waals surface area contributed by atoms with E-state index in [1.54, 1.807) is 11.0 Å². The molecule has 1 atom stereocenters. The second-order valence-electron chi connectivity index (χ2n) is 9.25. The molecule has 0 radical (unpaired) electrons. The topological polar surface area (TPSA) is 86.8 Å². The van der Waals surface area contributed by atoms with Gasteiger partial charge in [-0.25, -0.2) is 8.42 Å². The van der Waals surface area contributed by atoms with E-state index in [0.717, 1.165) is 23.1 Å². The molecule has 2 amide bonds. The third kappa shape index (κ3) is 8.66. The highest BCUT2D eigenvalue weighted by Crippen LogP contribution is 2.22. The second kappa shape index (κ2) is 14.0. The summed E-state index contributed by atoms with van der Waals surface area (Å²) in [6.45, 7) is 9.00. The third-order valence-corrected chi connectivity index (χ3v) is 7.54. The number of anilines is 1. The van der Waals surface area contributed by atoms with Crippen LogP contribution in [0.15, 0.2) is 48.5 Å². The predicted molar refractivity (Wildman–Crippen MR) is 147 cm³/mol. The van der Waals surface area contributed by atoms with Gasteiger partial charge in [0.05, 0.1) is 11.9 Å². The van der Waals surface area contributed by atoms with Gasteiger partial charge in [-0.3, -0.25) is 13.9 Å². The summed E-state index contributed by atoms with van der Waals surface area (Å²) in [5.74, 6) is -0.286. The highest BCUT2D eigenvalue weighted by Gasteiger charge is 2.28. The normalized spacial score (nSPS) is 12.1. The van der Waals surface area contributed by atoms with Crippen LogP contribution in [0.1, 0.15) is 56.2 Å². The molecule has 36 heavy (non-hydrogen) atoms. The molecule has 0 saturated heterocycles. The second-order valence-corrected chi connectivity index (χ2v) is 11.2. The van der Waals surface area contributed by atoms with Crippen molar-refractivity contribution in [3.05, 3.63) is 65.2 Å². The molecule has 2 rings (SSSR count). The van der Waals surface area contributed by atoms with Crippen LogP contribution in [0.5, 0.6) is 0 Å². The van der Waals surface area contributed by atoms with Gasteiger partial charge in [0.1, 0.15) is 6.04 Å². The minimum absolute atomic E-state index is 0.141. The van der Waals surface area contributed by atoms with Crippen molar-refractivity contribution in [3.8, 4) is 0 Å². The van der Waals surface area contributed by atoms with Crippen LogP contribution in [0.4, 0.5) is 5.69 Å². The number of hydrogen-bond acceptors (Lipinski definition) is 4. The van der Waals surface area contributed by atoms with Gasteiger partial charge in [-0.05, 0) is 68.4 Å². The largest absolute Gasteiger partial charge is 0.354 e. The van der Waals surface area contributed by atoms with Crippen molar-refractivity contribution in [2.45, 2.75) is 65.8 Å². The van der Waals surface area contributed by atoms with Gasteiger partial charge < -0.3 is 10.2 Å². The summed E-state index contributed by atoms with van der Waals surface area (Å²) < 4.78 is 26.4. The lowest BCUT2D eigenvalue weighted by Crippen LogP contribution is -2.50. The molecule has 7 nitrogen and oxygen atoms in total. The number of carbonyl (C=O) groups excluding carboxylic acids is 2. The van der Waals surface area contributed by atoms with Crippen molar-refractivity contribution in [2.24, 2.45) is 0 Å². The predicted octanol–water partition coefficient (Wildman–Crippen LogP) is 4.23. The number of nitrogens with one attached hydrogen (secondary N) is 1. The molecule has 2 aromatic carbocycles. The molecule has 0 aliphatic heterocycles. The Kier molecular flexibility index (Phi) is 11.4. The lowest BCUT2D eigenvalue weighted by atomic mass is 10.1. The van der Waals surface area contributed by atoms with E-state index in [9.17, 15) is 18.0 Å². The summed E-state index contributed by atoms with van der Waals surface area (Å²) in [5, 5.41) is 2.92. The Labute approximate surface area is 216 Å². The smallest absolute Gasteiger partial charge is 0.242 e. The number of aryl methyl sites for hydroxylation is 2. The summed E-state index contributed by atoms with van der Waals surface area (Å²) in [6.07, 6.45) is 3.66. The van der Waals surface area contributed by atoms with Crippen LogP contribution in [-0.2, 0) is 26.0 Å². The Bertz CT molecular complexity index is 1100. The molecule has 1 N–H and O–H groups in total. The lowest BCUT2D eigenvalue weighted by molar-refractivity contribution is -0.140. The average Bonchev–Trinajstić information content (AvgIpc) is 2.84. The van der Waals surface area contributed by atoms with E-state index < -0.39 is 16.1 Å². The lowest BCUT2D eigenvalue weighted by Gasteiger charge is -2.31. The molecule has 0 aromatic heterocycles. The van der Waals surface area contributed by atoms with Gasteiger partial charge >= 0.3 is 0 Å². The van der Waals surface area contributed by atoms with E-state index in [0.29, 0.717) is 38.0 Å². The number of rotatable bonds is 14. The first-order valence-corrected chi connectivity index (χ1v) is 14.6.